The Morgan fingerprint density at radius 1 is 1.23 bits per heavy atom. The van der Waals surface area contributed by atoms with Gasteiger partial charge in [0.05, 0.1) is 18.3 Å². The third-order valence-corrected chi connectivity index (χ3v) is 7.13. The first-order valence-electron chi connectivity index (χ1n) is 10.9. The normalized spacial score (nSPS) is 22.0. The highest BCUT2D eigenvalue weighted by atomic mass is 35.5. The van der Waals surface area contributed by atoms with E-state index in [9.17, 15) is 9.59 Å². The number of carbonyl (C=O) groups is 2. The SMILES string of the molecule is CC1(C(=O)NC2CCCCC2)Cn2c(cc3occc32)C(=O)N1Cc1ccccc1Cl. The van der Waals surface area contributed by atoms with E-state index < -0.39 is 5.54 Å². The second-order valence-electron chi connectivity index (χ2n) is 8.85. The molecule has 3 aromatic rings. The van der Waals surface area contributed by atoms with E-state index in [1.165, 1.54) is 6.42 Å². The smallest absolute Gasteiger partial charge is 0.271 e. The summed E-state index contributed by atoms with van der Waals surface area (Å²) in [5, 5.41) is 3.83. The van der Waals surface area contributed by atoms with Gasteiger partial charge in [0, 0.05) is 29.7 Å². The number of fused-ring (bicyclic) bond motifs is 3. The first kappa shape index (κ1) is 20.2. The van der Waals surface area contributed by atoms with Crippen LogP contribution in [0.15, 0.2) is 47.1 Å². The fourth-order valence-electron chi connectivity index (χ4n) is 4.91. The standard InChI is InChI=1S/C24H26ClN3O3/c1-24(23(30)26-17-8-3-2-4-9-17)15-27-19-11-12-31-21(19)13-20(27)22(29)28(24)14-16-7-5-6-10-18(16)25/h5-7,10-13,17H,2-4,8-9,14-15H2,1H3,(H,26,30). The van der Waals surface area contributed by atoms with Crippen LogP contribution in [-0.4, -0.2) is 32.9 Å². The van der Waals surface area contributed by atoms with Crippen molar-refractivity contribution in [2.75, 3.05) is 0 Å². The summed E-state index contributed by atoms with van der Waals surface area (Å²) in [6.07, 6.45) is 7.05. The Balaban J connectivity index is 1.54. The van der Waals surface area contributed by atoms with Crippen LogP contribution in [0.2, 0.25) is 5.02 Å². The summed E-state index contributed by atoms with van der Waals surface area (Å²) >= 11 is 6.41. The number of rotatable bonds is 4. The summed E-state index contributed by atoms with van der Waals surface area (Å²) in [5.41, 5.74) is 1.78. The first-order valence-corrected chi connectivity index (χ1v) is 11.3. The van der Waals surface area contributed by atoms with Gasteiger partial charge in [-0.15, -0.1) is 0 Å². The monoisotopic (exact) mass is 439 g/mol. The highest BCUT2D eigenvalue weighted by Gasteiger charge is 2.48. The molecule has 1 fully saturated rings. The maximum atomic E-state index is 13.7. The van der Waals surface area contributed by atoms with E-state index in [0.717, 1.165) is 36.8 Å². The molecule has 3 heterocycles. The van der Waals surface area contributed by atoms with Crippen molar-refractivity contribution in [1.29, 1.82) is 0 Å². The summed E-state index contributed by atoms with van der Waals surface area (Å²) < 4.78 is 7.44. The van der Waals surface area contributed by atoms with E-state index in [4.69, 9.17) is 16.0 Å². The van der Waals surface area contributed by atoms with Crippen LogP contribution in [0.1, 0.15) is 55.1 Å². The van der Waals surface area contributed by atoms with Gasteiger partial charge in [-0.3, -0.25) is 9.59 Å². The Labute approximate surface area is 186 Å². The van der Waals surface area contributed by atoms with Crippen LogP contribution in [-0.2, 0) is 17.9 Å². The van der Waals surface area contributed by atoms with E-state index in [0.29, 0.717) is 22.8 Å². The number of nitrogens with zero attached hydrogens (tertiary/aromatic N) is 2. The number of hydrogen-bond donors (Lipinski definition) is 1. The van der Waals surface area contributed by atoms with E-state index in [-0.39, 0.29) is 24.4 Å². The zero-order valence-electron chi connectivity index (χ0n) is 17.6. The highest BCUT2D eigenvalue weighted by Crippen LogP contribution is 2.35. The van der Waals surface area contributed by atoms with Gasteiger partial charge in [-0.1, -0.05) is 49.1 Å². The Hall–Kier alpha value is -2.73. The lowest BCUT2D eigenvalue weighted by atomic mass is 9.91. The first-order chi connectivity index (χ1) is 15.0. The van der Waals surface area contributed by atoms with E-state index in [1.807, 2.05) is 35.8 Å². The molecule has 2 amide bonds. The van der Waals surface area contributed by atoms with Crippen molar-refractivity contribution < 1.29 is 14.0 Å². The molecular weight excluding hydrogens is 414 g/mol. The average molecular weight is 440 g/mol. The molecule has 1 atom stereocenters. The van der Waals surface area contributed by atoms with Crippen molar-refractivity contribution in [3.8, 4) is 0 Å². The summed E-state index contributed by atoms with van der Waals surface area (Å²) in [7, 11) is 0. The van der Waals surface area contributed by atoms with Gasteiger partial charge in [-0.2, -0.15) is 0 Å². The van der Waals surface area contributed by atoms with Crippen LogP contribution in [0.5, 0.6) is 0 Å². The molecule has 6 nitrogen and oxygen atoms in total. The summed E-state index contributed by atoms with van der Waals surface area (Å²) in [5.74, 6) is -0.310. The molecule has 0 spiro atoms. The number of amides is 2. The molecule has 0 radical (unpaired) electrons. The number of furan rings is 1. The molecule has 0 bridgehead atoms. The molecule has 1 aliphatic heterocycles. The predicted octanol–water partition coefficient (Wildman–Crippen LogP) is 4.75. The summed E-state index contributed by atoms with van der Waals surface area (Å²) in [6, 6.07) is 11.2. The highest BCUT2D eigenvalue weighted by molar-refractivity contribution is 6.31. The van der Waals surface area contributed by atoms with Crippen molar-refractivity contribution in [2.24, 2.45) is 0 Å². The maximum absolute atomic E-state index is 13.7. The van der Waals surface area contributed by atoms with Crippen molar-refractivity contribution in [2.45, 2.75) is 63.7 Å². The van der Waals surface area contributed by atoms with Crippen molar-refractivity contribution in [3.63, 3.8) is 0 Å². The third-order valence-electron chi connectivity index (χ3n) is 6.76. The number of benzene rings is 1. The lowest BCUT2D eigenvalue weighted by Crippen LogP contribution is -2.64. The second kappa shape index (κ2) is 7.75. The molecule has 1 saturated carbocycles. The molecule has 2 aliphatic rings. The van der Waals surface area contributed by atoms with Gasteiger partial charge in [0.2, 0.25) is 5.91 Å². The van der Waals surface area contributed by atoms with Gasteiger partial charge in [0.15, 0.2) is 5.58 Å². The largest absolute Gasteiger partial charge is 0.463 e. The topological polar surface area (TPSA) is 67.5 Å². The lowest BCUT2D eigenvalue weighted by Gasteiger charge is -2.45. The number of hydrogen-bond acceptors (Lipinski definition) is 3. The number of nitrogens with one attached hydrogen (secondary N) is 1. The Morgan fingerprint density at radius 2 is 2.00 bits per heavy atom. The van der Waals surface area contributed by atoms with E-state index in [2.05, 4.69) is 5.32 Å². The van der Waals surface area contributed by atoms with Gasteiger partial charge in [-0.05, 0) is 31.4 Å². The van der Waals surface area contributed by atoms with Gasteiger partial charge in [0.1, 0.15) is 11.2 Å². The van der Waals surface area contributed by atoms with Gasteiger partial charge in [-0.25, -0.2) is 0 Å². The van der Waals surface area contributed by atoms with Gasteiger partial charge < -0.3 is 19.2 Å². The zero-order valence-corrected chi connectivity index (χ0v) is 18.3. The minimum Gasteiger partial charge on any atom is -0.463 e. The molecular formula is C24H26ClN3O3. The molecule has 7 heteroatoms. The minimum absolute atomic E-state index is 0.115. The molecule has 2 aromatic heterocycles. The van der Waals surface area contributed by atoms with Crippen molar-refractivity contribution >= 4 is 34.5 Å². The Bertz CT molecular complexity index is 1140. The van der Waals surface area contributed by atoms with E-state index >= 15 is 0 Å². The van der Waals surface area contributed by atoms with Crippen LogP contribution in [0.25, 0.3) is 11.1 Å². The molecule has 1 aliphatic carbocycles. The number of halogens is 1. The molecule has 0 saturated heterocycles. The van der Waals surface area contributed by atoms with Crippen LogP contribution in [0.3, 0.4) is 0 Å². The summed E-state index contributed by atoms with van der Waals surface area (Å²) in [4.78, 5) is 29.0. The quantitative estimate of drug-likeness (QED) is 0.637. The van der Waals surface area contributed by atoms with Crippen LogP contribution in [0.4, 0.5) is 0 Å². The third kappa shape index (κ3) is 3.43. The molecule has 1 unspecified atom stereocenters. The van der Waals surface area contributed by atoms with Gasteiger partial charge in [0.25, 0.3) is 5.91 Å². The van der Waals surface area contributed by atoms with Crippen LogP contribution >= 0.6 is 11.6 Å². The fraction of sp³-hybridized carbons (Fsp3) is 0.417. The molecule has 1 aromatic carbocycles. The fourth-order valence-corrected chi connectivity index (χ4v) is 5.10. The zero-order chi connectivity index (χ0) is 21.6. The minimum atomic E-state index is -1.05. The Kier molecular flexibility index (Phi) is 5.05. The van der Waals surface area contributed by atoms with Crippen LogP contribution in [0, 0.1) is 0 Å². The van der Waals surface area contributed by atoms with E-state index in [1.54, 1.807) is 23.3 Å². The molecule has 31 heavy (non-hydrogen) atoms. The van der Waals surface area contributed by atoms with Crippen molar-refractivity contribution in [1.82, 2.24) is 14.8 Å². The lowest BCUT2D eigenvalue weighted by molar-refractivity contribution is -0.134. The van der Waals surface area contributed by atoms with Crippen molar-refractivity contribution in [3.05, 3.63) is 58.9 Å². The number of aromatic nitrogens is 1. The molecule has 162 valence electrons. The molecule has 1 N–H and O–H groups in total. The van der Waals surface area contributed by atoms with Crippen LogP contribution < -0.4 is 5.32 Å². The number of carbonyl (C=O) groups excluding carboxylic acids is 2. The summed E-state index contributed by atoms with van der Waals surface area (Å²) in [6.45, 7) is 2.48. The predicted molar refractivity (Wildman–Crippen MR) is 119 cm³/mol. The average Bonchev–Trinajstić information content (AvgIpc) is 3.35. The Morgan fingerprint density at radius 3 is 2.77 bits per heavy atom. The second-order valence-corrected chi connectivity index (χ2v) is 9.26. The van der Waals surface area contributed by atoms with Gasteiger partial charge >= 0.3 is 0 Å². The molecule has 5 rings (SSSR count). The maximum Gasteiger partial charge on any atom is 0.271 e.